The van der Waals surface area contributed by atoms with Crippen LogP contribution in [0.2, 0.25) is 0 Å². The summed E-state index contributed by atoms with van der Waals surface area (Å²) in [6, 6.07) is 45.0. The van der Waals surface area contributed by atoms with Gasteiger partial charge in [-0.05, 0) is 67.0 Å². The van der Waals surface area contributed by atoms with Crippen molar-refractivity contribution in [3.8, 4) is 0 Å². The van der Waals surface area contributed by atoms with Crippen LogP contribution < -0.4 is 31.9 Å². The normalized spacial score (nSPS) is 12.9. The number of carbonyl (C=O) groups is 11. The lowest BCUT2D eigenvalue weighted by Crippen LogP contribution is -2.50. The molecule has 0 aliphatic carbocycles. The Morgan fingerprint density at radius 2 is 0.629 bits per heavy atom. The Balaban J connectivity index is 1.22. The smallest absolute Gasteiger partial charge is 0.408 e. The third-order valence-corrected chi connectivity index (χ3v) is 15.5. The molecule has 25 nitrogen and oxygen atoms in total. The van der Waals surface area contributed by atoms with E-state index < -0.39 is 156 Å². The summed E-state index contributed by atoms with van der Waals surface area (Å²) in [7, 11) is 0. The number of alkyl halides is 3. The van der Waals surface area contributed by atoms with Gasteiger partial charge in [-0.25, -0.2) is 14.4 Å². The summed E-state index contributed by atoms with van der Waals surface area (Å²) < 4.78 is 42.8. The van der Waals surface area contributed by atoms with Crippen LogP contribution in [-0.4, -0.2) is 131 Å². The first kappa shape index (κ1) is 84.0. The Bertz CT molecular complexity index is 3710. The van der Waals surface area contributed by atoms with Crippen molar-refractivity contribution in [3.63, 3.8) is 0 Å². The molecule has 0 aromatic heterocycles. The maximum atomic E-state index is 14.5. The molecule has 0 fully saturated rings. The van der Waals surface area contributed by atoms with Crippen molar-refractivity contribution >= 4 is 100 Å². The fraction of sp³-hybridized carbons (Fsp3) is 0.390. The van der Waals surface area contributed by atoms with Crippen LogP contribution in [0.1, 0.15) is 118 Å². The second-order valence-corrected chi connectivity index (χ2v) is 28.0. The van der Waals surface area contributed by atoms with E-state index in [0.717, 1.165) is 11.1 Å². The van der Waals surface area contributed by atoms with Crippen LogP contribution in [0.4, 0.5) is 4.79 Å². The van der Waals surface area contributed by atoms with Crippen molar-refractivity contribution in [3.05, 3.63) is 215 Å². The molecular weight excluding hydrogens is 1420 g/mol. The van der Waals surface area contributed by atoms with Crippen LogP contribution in [0.5, 0.6) is 0 Å². The molecule has 0 saturated carbocycles. The van der Waals surface area contributed by atoms with E-state index in [9.17, 15) is 52.7 Å². The predicted octanol–water partition coefficient (Wildman–Crippen LogP) is 9.53. The lowest BCUT2D eigenvalue weighted by molar-refractivity contribution is -0.150. The molecule has 28 heteroatoms. The highest BCUT2D eigenvalue weighted by molar-refractivity contribution is 6.67. The highest BCUT2D eigenvalue weighted by Crippen LogP contribution is 2.26. The second-order valence-electron chi connectivity index (χ2n) is 25.4. The third kappa shape index (κ3) is 36.9. The van der Waals surface area contributed by atoms with Crippen LogP contribution in [-0.2, 0) is 125 Å². The minimum atomic E-state index is -1.94. The molecule has 0 spiro atoms. The van der Waals surface area contributed by atoms with Gasteiger partial charge in [0.1, 0.15) is 50.7 Å². The minimum absolute atomic E-state index is 0.0108. The number of carbonyl (C=O) groups excluding carboxylic acids is 11. The Labute approximate surface area is 625 Å². The Morgan fingerprint density at radius 3 is 0.981 bits per heavy atom. The third-order valence-electron chi connectivity index (χ3n) is 15.1. The number of esters is 5. The van der Waals surface area contributed by atoms with E-state index in [-0.39, 0.29) is 78.5 Å². The highest BCUT2D eigenvalue weighted by Gasteiger charge is 2.33. The Kier molecular flexibility index (Phi) is 36.3. The molecule has 6 aromatic carbocycles. The molecule has 6 atom stereocenters. The first-order valence-electron chi connectivity index (χ1n) is 34.0. The molecule has 0 aliphatic rings. The van der Waals surface area contributed by atoms with Gasteiger partial charge < -0.3 is 69.8 Å². The van der Waals surface area contributed by atoms with Crippen molar-refractivity contribution in [2.24, 2.45) is 0 Å². The van der Waals surface area contributed by atoms with Gasteiger partial charge in [-0.15, -0.1) is 0 Å². The van der Waals surface area contributed by atoms with Crippen molar-refractivity contribution in [2.45, 2.75) is 170 Å². The van der Waals surface area contributed by atoms with Crippen molar-refractivity contribution in [1.29, 1.82) is 0 Å². The average Bonchev–Trinajstić information content (AvgIpc) is 0.889. The summed E-state index contributed by atoms with van der Waals surface area (Å²) in [6.07, 6.45) is -5.62. The molecule has 6 N–H and O–H groups in total. The molecular formula is C77H89Cl3N6O19. The summed E-state index contributed by atoms with van der Waals surface area (Å²) >= 11 is 17.5. The SMILES string of the molecule is CC(C)(C)OC(=O)N[C@@H](CC(=O)N[C@@H](CCC(=O)OCc1ccccc1)CC(=O)N[C@@H](COCc1ccccc1)CC(=O)N[C@@H](CC(=O)N[C@@H](CCC(=O)OCc1ccccc1)CC(=O)N[C@@H](COCc1ccccc1)CC(=O)OCC(Cl)(Cl)Cl)C(=O)OCc1ccccc1)C(=O)OCc1ccccc1. The number of ether oxygens (including phenoxy) is 8. The van der Waals surface area contributed by atoms with Gasteiger partial charge in [0.25, 0.3) is 0 Å². The molecule has 105 heavy (non-hydrogen) atoms. The zero-order valence-corrected chi connectivity index (χ0v) is 60.9. The average molecular weight is 1510 g/mol. The predicted molar refractivity (Wildman–Crippen MR) is 387 cm³/mol. The van der Waals surface area contributed by atoms with Crippen molar-refractivity contribution < 1.29 is 90.6 Å². The van der Waals surface area contributed by atoms with Gasteiger partial charge in [-0.1, -0.05) is 217 Å². The molecule has 0 unspecified atom stereocenters. The maximum Gasteiger partial charge on any atom is 0.408 e. The molecule has 562 valence electrons. The van der Waals surface area contributed by atoms with Crippen LogP contribution in [0.15, 0.2) is 182 Å². The zero-order valence-electron chi connectivity index (χ0n) is 58.6. The number of benzene rings is 6. The van der Waals surface area contributed by atoms with Gasteiger partial charge in [-0.3, -0.25) is 38.4 Å². The van der Waals surface area contributed by atoms with Crippen LogP contribution in [0.25, 0.3) is 0 Å². The van der Waals surface area contributed by atoms with E-state index in [0.29, 0.717) is 22.3 Å². The molecule has 0 radical (unpaired) electrons. The summed E-state index contributed by atoms with van der Waals surface area (Å²) in [5, 5.41) is 16.0. The second kappa shape index (κ2) is 45.3. The highest BCUT2D eigenvalue weighted by atomic mass is 35.6. The van der Waals surface area contributed by atoms with Gasteiger partial charge in [0.15, 0.2) is 0 Å². The van der Waals surface area contributed by atoms with E-state index in [4.69, 9.17) is 72.7 Å². The van der Waals surface area contributed by atoms with E-state index in [1.165, 1.54) is 0 Å². The number of alkyl carbamates (subject to hydrolysis) is 1. The fourth-order valence-corrected chi connectivity index (χ4v) is 10.3. The van der Waals surface area contributed by atoms with Crippen molar-refractivity contribution in [2.75, 3.05) is 19.8 Å². The Morgan fingerprint density at radius 1 is 0.333 bits per heavy atom. The summed E-state index contributed by atoms with van der Waals surface area (Å²) in [4.78, 5) is 152. The lowest BCUT2D eigenvalue weighted by atomic mass is 10.0. The van der Waals surface area contributed by atoms with Crippen LogP contribution >= 0.6 is 34.8 Å². The van der Waals surface area contributed by atoms with Gasteiger partial charge in [0, 0.05) is 44.2 Å². The van der Waals surface area contributed by atoms with E-state index in [2.05, 4.69) is 31.9 Å². The number of hydrogen-bond donors (Lipinski definition) is 6. The molecule has 6 rings (SSSR count). The molecule has 0 bridgehead atoms. The largest absolute Gasteiger partial charge is 0.461 e. The summed E-state index contributed by atoms with van der Waals surface area (Å²) in [6.45, 7) is 3.16. The standard InChI is InChI=1S/C77H89Cl3N6O19/c1-76(2,3)105-75(97)86-64(74(96)103-49-58-32-20-9-21-33-58)43-69(91)82-59(34-36-70(92)100-46-55-26-14-6-15-27-55)38-65(87)83-61(50-98-44-53-22-10-4-11-23-53)40-67(89)85-63(73(95)102-48-57-30-18-8-19-31-57)42-68(90)81-60(35-37-71(93)101-47-56-28-16-7-17-29-56)39-66(88)84-62(41-72(94)104-52-77(78,79)80)51-99-45-54-24-12-5-13-25-54/h4-33,59-64H,34-52H2,1-3H3,(H,81,90)(H,82,91)(H,83,87)(H,84,88)(H,85,89)(H,86,97)/t59-,60-,61+,62+,63-,64-/m0/s1. The molecule has 6 amide bonds. The molecule has 0 heterocycles. The monoisotopic (exact) mass is 1510 g/mol. The first-order chi connectivity index (χ1) is 50.3. The number of amides is 6. The van der Waals surface area contributed by atoms with Crippen LogP contribution in [0, 0.1) is 0 Å². The van der Waals surface area contributed by atoms with Gasteiger partial charge in [-0.2, -0.15) is 0 Å². The van der Waals surface area contributed by atoms with Crippen LogP contribution in [0.3, 0.4) is 0 Å². The first-order valence-corrected chi connectivity index (χ1v) is 35.1. The van der Waals surface area contributed by atoms with E-state index >= 15 is 0 Å². The fourth-order valence-electron chi connectivity index (χ4n) is 10.1. The summed E-state index contributed by atoms with van der Waals surface area (Å²) in [5.74, 6) is -8.36. The lowest BCUT2D eigenvalue weighted by Gasteiger charge is -2.25. The van der Waals surface area contributed by atoms with Gasteiger partial charge in [0.05, 0.1) is 57.8 Å². The Hall–Kier alpha value is -9.92. The topological polar surface area (TPSA) is 334 Å². The number of hydrogen-bond acceptors (Lipinski definition) is 19. The van der Waals surface area contributed by atoms with E-state index in [1.807, 2.05) is 18.2 Å². The number of nitrogens with one attached hydrogen (secondary N) is 6. The van der Waals surface area contributed by atoms with E-state index in [1.54, 1.807) is 185 Å². The molecule has 0 saturated heterocycles. The number of halogens is 3. The molecule has 0 aliphatic heterocycles. The maximum absolute atomic E-state index is 14.5. The number of rotatable bonds is 43. The minimum Gasteiger partial charge on any atom is -0.461 e. The van der Waals surface area contributed by atoms with Gasteiger partial charge in [0.2, 0.25) is 33.3 Å². The summed E-state index contributed by atoms with van der Waals surface area (Å²) in [5.41, 5.74) is 3.10. The van der Waals surface area contributed by atoms with Crippen molar-refractivity contribution in [1.82, 2.24) is 31.9 Å². The van der Waals surface area contributed by atoms with Gasteiger partial charge >= 0.3 is 35.9 Å². The zero-order chi connectivity index (χ0) is 75.8. The molecule has 6 aromatic rings. The quantitative estimate of drug-likeness (QED) is 0.0118.